The van der Waals surface area contributed by atoms with Crippen molar-refractivity contribution in [2.24, 2.45) is 0 Å². The van der Waals surface area contributed by atoms with Gasteiger partial charge in [-0.1, -0.05) is 18.2 Å². The first-order valence-electron chi connectivity index (χ1n) is 3.73. The van der Waals surface area contributed by atoms with Crippen molar-refractivity contribution >= 4 is 11.8 Å². The molecule has 0 aliphatic carbocycles. The van der Waals surface area contributed by atoms with Gasteiger partial charge in [-0.3, -0.25) is 0 Å². The Kier molecular flexibility index (Phi) is 1.78. The van der Waals surface area contributed by atoms with E-state index in [-0.39, 0.29) is 0 Å². The summed E-state index contributed by atoms with van der Waals surface area (Å²) in [5.41, 5.74) is 1.12. The number of phenols is 1. The Bertz CT molecular complexity index is 255. The molecule has 0 aromatic heterocycles. The van der Waals surface area contributed by atoms with Crippen molar-refractivity contribution in [3.63, 3.8) is 0 Å². The van der Waals surface area contributed by atoms with Crippen molar-refractivity contribution in [2.75, 3.05) is 11.5 Å². The van der Waals surface area contributed by atoms with Crippen LogP contribution < -0.4 is 0 Å². The predicted molar refractivity (Wildman–Crippen MR) is 48.2 cm³/mol. The zero-order valence-corrected chi connectivity index (χ0v) is 6.97. The molecule has 0 saturated carbocycles. The predicted octanol–water partition coefficient (Wildman–Crippen LogP) is 2.22. The summed E-state index contributed by atoms with van der Waals surface area (Å²) in [6.07, 6.45) is 0. The molecule has 0 amide bonds. The molecule has 2 rings (SSSR count). The zero-order valence-electron chi connectivity index (χ0n) is 6.16. The standard InChI is InChI=1S/C9H10OS/c10-9-4-2-1-3-8(9)7-5-11-6-7/h1-4,7,10H,5-6H2. The molecule has 1 saturated heterocycles. The van der Waals surface area contributed by atoms with Crippen molar-refractivity contribution in [3.05, 3.63) is 29.8 Å². The second-order valence-corrected chi connectivity index (χ2v) is 3.87. The van der Waals surface area contributed by atoms with Crippen molar-refractivity contribution in [3.8, 4) is 5.75 Å². The van der Waals surface area contributed by atoms with Crippen molar-refractivity contribution in [1.82, 2.24) is 0 Å². The molecule has 1 aromatic rings. The number of hydrogen-bond donors (Lipinski definition) is 1. The Balaban J connectivity index is 2.28. The Morgan fingerprint density at radius 2 is 2.00 bits per heavy atom. The van der Waals surface area contributed by atoms with E-state index in [1.165, 1.54) is 0 Å². The maximum Gasteiger partial charge on any atom is 0.119 e. The van der Waals surface area contributed by atoms with Gasteiger partial charge in [-0.15, -0.1) is 0 Å². The van der Waals surface area contributed by atoms with Crippen LogP contribution in [0.25, 0.3) is 0 Å². The highest BCUT2D eigenvalue weighted by molar-refractivity contribution is 8.00. The number of thioether (sulfide) groups is 1. The average molecular weight is 166 g/mol. The summed E-state index contributed by atoms with van der Waals surface area (Å²) >= 11 is 1.94. The third-order valence-corrected chi connectivity index (χ3v) is 3.29. The molecular weight excluding hydrogens is 156 g/mol. The normalized spacial score (nSPS) is 17.8. The van der Waals surface area contributed by atoms with Crippen molar-refractivity contribution < 1.29 is 5.11 Å². The van der Waals surface area contributed by atoms with E-state index < -0.39 is 0 Å². The van der Waals surface area contributed by atoms with Gasteiger partial charge in [-0.2, -0.15) is 11.8 Å². The molecule has 0 bridgehead atoms. The zero-order chi connectivity index (χ0) is 7.68. The van der Waals surface area contributed by atoms with E-state index in [9.17, 15) is 5.11 Å². The molecule has 0 atom stereocenters. The molecule has 58 valence electrons. The highest BCUT2D eigenvalue weighted by Crippen LogP contribution is 2.37. The Morgan fingerprint density at radius 1 is 1.27 bits per heavy atom. The lowest BCUT2D eigenvalue weighted by Gasteiger charge is -2.25. The van der Waals surface area contributed by atoms with E-state index >= 15 is 0 Å². The van der Waals surface area contributed by atoms with Crippen LogP contribution in [0.15, 0.2) is 24.3 Å². The molecule has 0 unspecified atom stereocenters. The molecule has 11 heavy (non-hydrogen) atoms. The van der Waals surface area contributed by atoms with Crippen LogP contribution in [0.3, 0.4) is 0 Å². The van der Waals surface area contributed by atoms with Crippen molar-refractivity contribution in [2.45, 2.75) is 5.92 Å². The Hall–Kier alpha value is -0.630. The van der Waals surface area contributed by atoms with Crippen LogP contribution in [-0.4, -0.2) is 16.6 Å². The lowest BCUT2D eigenvalue weighted by molar-refractivity contribution is 0.464. The molecule has 1 heterocycles. The molecule has 2 heteroatoms. The number of rotatable bonds is 1. The highest BCUT2D eigenvalue weighted by atomic mass is 32.2. The Labute approximate surface area is 70.4 Å². The second kappa shape index (κ2) is 2.78. The number of phenolic OH excluding ortho intramolecular Hbond substituents is 1. The van der Waals surface area contributed by atoms with Gasteiger partial charge in [0.25, 0.3) is 0 Å². The fourth-order valence-corrected chi connectivity index (χ4v) is 2.08. The molecule has 1 fully saturated rings. The van der Waals surface area contributed by atoms with E-state index in [0.717, 1.165) is 17.1 Å². The molecule has 0 spiro atoms. The topological polar surface area (TPSA) is 20.2 Å². The largest absolute Gasteiger partial charge is 0.508 e. The van der Waals surface area contributed by atoms with E-state index in [1.54, 1.807) is 6.07 Å². The molecule has 1 aliphatic rings. The number of aromatic hydroxyl groups is 1. The van der Waals surface area contributed by atoms with Crippen LogP contribution in [0.4, 0.5) is 0 Å². The van der Waals surface area contributed by atoms with Gasteiger partial charge in [0.15, 0.2) is 0 Å². The van der Waals surface area contributed by atoms with Crippen LogP contribution >= 0.6 is 11.8 Å². The molecule has 1 nitrogen and oxygen atoms in total. The van der Waals surface area contributed by atoms with Crippen LogP contribution in [0.5, 0.6) is 5.75 Å². The summed E-state index contributed by atoms with van der Waals surface area (Å²) < 4.78 is 0. The number of benzene rings is 1. The summed E-state index contributed by atoms with van der Waals surface area (Å²) in [6.45, 7) is 0. The van der Waals surface area contributed by atoms with Gasteiger partial charge in [0.1, 0.15) is 5.75 Å². The minimum atomic E-state index is 0.456. The third-order valence-electron chi connectivity index (χ3n) is 2.01. The van der Waals surface area contributed by atoms with Gasteiger partial charge in [0, 0.05) is 17.4 Å². The summed E-state index contributed by atoms with van der Waals surface area (Å²) in [5, 5.41) is 9.44. The number of hydrogen-bond acceptors (Lipinski definition) is 2. The fourth-order valence-electron chi connectivity index (χ4n) is 1.25. The third kappa shape index (κ3) is 1.23. The highest BCUT2D eigenvalue weighted by Gasteiger charge is 2.22. The SMILES string of the molecule is Oc1ccccc1C1CSC1. The molecule has 0 radical (unpaired) electrons. The molecule has 1 aromatic carbocycles. The maximum atomic E-state index is 9.44. The van der Waals surface area contributed by atoms with Crippen LogP contribution in [0.1, 0.15) is 11.5 Å². The van der Waals surface area contributed by atoms with Gasteiger partial charge < -0.3 is 5.11 Å². The minimum absolute atomic E-state index is 0.456. The second-order valence-electron chi connectivity index (χ2n) is 2.79. The summed E-state index contributed by atoms with van der Waals surface area (Å²) in [6, 6.07) is 7.63. The lowest BCUT2D eigenvalue weighted by atomic mass is 10.0. The minimum Gasteiger partial charge on any atom is -0.508 e. The van der Waals surface area contributed by atoms with Gasteiger partial charge in [-0.05, 0) is 11.6 Å². The first-order chi connectivity index (χ1) is 5.38. The average Bonchev–Trinajstić information content (AvgIpc) is 1.90. The first kappa shape index (κ1) is 7.04. The monoisotopic (exact) mass is 166 g/mol. The molecule has 1 N–H and O–H groups in total. The summed E-state index contributed by atoms with van der Waals surface area (Å²) in [5.74, 6) is 3.38. The van der Waals surface area contributed by atoms with Gasteiger partial charge in [0.05, 0.1) is 0 Å². The van der Waals surface area contributed by atoms with E-state index in [1.807, 2.05) is 30.0 Å². The molecule has 1 aliphatic heterocycles. The van der Waals surface area contributed by atoms with Gasteiger partial charge >= 0.3 is 0 Å². The van der Waals surface area contributed by atoms with E-state index in [4.69, 9.17) is 0 Å². The first-order valence-corrected chi connectivity index (χ1v) is 4.89. The smallest absolute Gasteiger partial charge is 0.119 e. The van der Waals surface area contributed by atoms with Gasteiger partial charge in [0.2, 0.25) is 0 Å². The van der Waals surface area contributed by atoms with E-state index in [0.29, 0.717) is 11.7 Å². The summed E-state index contributed by atoms with van der Waals surface area (Å²) in [7, 11) is 0. The van der Waals surface area contributed by atoms with E-state index in [2.05, 4.69) is 0 Å². The van der Waals surface area contributed by atoms with Gasteiger partial charge in [-0.25, -0.2) is 0 Å². The van der Waals surface area contributed by atoms with Crippen LogP contribution in [0.2, 0.25) is 0 Å². The number of para-hydroxylation sites is 1. The Morgan fingerprint density at radius 3 is 2.55 bits per heavy atom. The lowest BCUT2D eigenvalue weighted by Crippen LogP contribution is -2.15. The maximum absolute atomic E-state index is 9.44. The van der Waals surface area contributed by atoms with Crippen molar-refractivity contribution in [1.29, 1.82) is 0 Å². The van der Waals surface area contributed by atoms with Crippen LogP contribution in [-0.2, 0) is 0 Å². The van der Waals surface area contributed by atoms with Crippen LogP contribution in [0, 0.1) is 0 Å². The quantitative estimate of drug-likeness (QED) is 0.690. The molecular formula is C9H10OS. The summed E-state index contributed by atoms with van der Waals surface area (Å²) in [4.78, 5) is 0. The fraction of sp³-hybridized carbons (Fsp3) is 0.333.